The van der Waals surface area contributed by atoms with Gasteiger partial charge in [0.05, 0.1) is 10.9 Å². The predicted octanol–water partition coefficient (Wildman–Crippen LogP) is 1.78. The van der Waals surface area contributed by atoms with Gasteiger partial charge in [-0.2, -0.15) is 0 Å². The molecule has 0 aliphatic carbocycles. The lowest BCUT2D eigenvalue weighted by Gasteiger charge is -2.10. The zero-order valence-corrected chi connectivity index (χ0v) is 10.1. The first-order valence-corrected chi connectivity index (χ1v) is 6.05. The maximum Gasteiger partial charge on any atom is 0.257 e. The molecule has 1 aromatic carbocycles. The van der Waals surface area contributed by atoms with Gasteiger partial charge in [0.2, 0.25) is 0 Å². The van der Waals surface area contributed by atoms with E-state index in [2.05, 4.69) is 0 Å². The summed E-state index contributed by atoms with van der Waals surface area (Å²) in [5, 5.41) is 0. The molecule has 92 valence electrons. The summed E-state index contributed by atoms with van der Waals surface area (Å²) in [7, 11) is -3.29. The van der Waals surface area contributed by atoms with Crippen LogP contribution in [0.25, 0.3) is 0 Å². The van der Waals surface area contributed by atoms with E-state index < -0.39 is 22.3 Å². The van der Waals surface area contributed by atoms with Gasteiger partial charge >= 0.3 is 0 Å². The van der Waals surface area contributed by atoms with Crippen molar-refractivity contribution >= 4 is 22.2 Å². The fourth-order valence-corrected chi connectivity index (χ4v) is 1.71. The van der Waals surface area contributed by atoms with E-state index in [1.807, 2.05) is 0 Å². The Labute approximate surface area is 99.0 Å². The number of nitrogens with two attached hydrogens (primary N) is 1. The molecule has 16 heavy (non-hydrogen) atoms. The van der Waals surface area contributed by atoms with Crippen LogP contribution in [0.3, 0.4) is 0 Å². The van der Waals surface area contributed by atoms with Gasteiger partial charge in [-0.1, -0.05) is 12.1 Å². The minimum atomic E-state index is -3.29. The quantitative estimate of drug-likeness (QED) is 0.912. The van der Waals surface area contributed by atoms with E-state index in [9.17, 15) is 17.2 Å². The Hall–Kier alpha value is -0.720. The minimum absolute atomic E-state index is 0. The first-order valence-electron chi connectivity index (χ1n) is 4.16. The normalized spacial score (nSPS) is 13.3. The van der Waals surface area contributed by atoms with Gasteiger partial charge in [-0.05, 0) is 17.7 Å². The van der Waals surface area contributed by atoms with E-state index in [0.717, 1.165) is 6.26 Å². The fourth-order valence-electron chi connectivity index (χ4n) is 1.08. The van der Waals surface area contributed by atoms with Crippen LogP contribution in [0.4, 0.5) is 8.78 Å². The number of halogens is 3. The summed E-state index contributed by atoms with van der Waals surface area (Å²) >= 11 is 0. The summed E-state index contributed by atoms with van der Waals surface area (Å²) in [6, 6.07) is 3.76. The van der Waals surface area contributed by atoms with Crippen LogP contribution in [0.1, 0.15) is 11.6 Å². The molecular formula is C9H12ClF2NO2S. The van der Waals surface area contributed by atoms with Crippen molar-refractivity contribution in [2.45, 2.75) is 17.4 Å². The van der Waals surface area contributed by atoms with Crippen LogP contribution < -0.4 is 5.73 Å². The van der Waals surface area contributed by atoms with E-state index >= 15 is 0 Å². The summed E-state index contributed by atoms with van der Waals surface area (Å²) in [4.78, 5) is 0.0905. The van der Waals surface area contributed by atoms with E-state index in [-0.39, 0.29) is 22.9 Å². The average Bonchev–Trinajstić information content (AvgIpc) is 2.15. The molecule has 1 aromatic rings. The van der Waals surface area contributed by atoms with Crippen LogP contribution >= 0.6 is 12.4 Å². The first-order chi connectivity index (χ1) is 6.82. The number of sulfone groups is 1. The van der Waals surface area contributed by atoms with Crippen LogP contribution in [0.5, 0.6) is 0 Å². The monoisotopic (exact) mass is 271 g/mol. The Morgan fingerprint density at radius 3 is 1.94 bits per heavy atom. The highest BCUT2D eigenvalue weighted by atomic mass is 35.5. The van der Waals surface area contributed by atoms with Gasteiger partial charge in [-0.25, -0.2) is 17.2 Å². The van der Waals surface area contributed by atoms with Crippen molar-refractivity contribution in [1.82, 2.24) is 0 Å². The SMILES string of the molecule is CS(=O)(=O)c1ccc([C@H](N)C(F)F)cc1.Cl. The molecule has 3 nitrogen and oxygen atoms in total. The molecule has 0 spiro atoms. The lowest BCUT2D eigenvalue weighted by Crippen LogP contribution is -2.18. The molecule has 0 amide bonds. The van der Waals surface area contributed by atoms with Crippen LogP contribution in [-0.2, 0) is 9.84 Å². The van der Waals surface area contributed by atoms with Crippen molar-refractivity contribution in [3.8, 4) is 0 Å². The third-order valence-corrected chi connectivity index (χ3v) is 3.09. The van der Waals surface area contributed by atoms with Crippen molar-refractivity contribution < 1.29 is 17.2 Å². The van der Waals surface area contributed by atoms with E-state index in [4.69, 9.17) is 5.73 Å². The highest BCUT2D eigenvalue weighted by molar-refractivity contribution is 7.90. The molecule has 0 aliphatic rings. The van der Waals surface area contributed by atoms with E-state index in [1.54, 1.807) is 0 Å². The number of hydrogen-bond acceptors (Lipinski definition) is 3. The predicted molar refractivity (Wildman–Crippen MR) is 59.7 cm³/mol. The summed E-state index contributed by atoms with van der Waals surface area (Å²) in [6.07, 6.45) is -1.61. The van der Waals surface area contributed by atoms with Gasteiger partial charge in [0.15, 0.2) is 9.84 Å². The summed E-state index contributed by atoms with van der Waals surface area (Å²) in [5.74, 6) is 0. The molecule has 1 rings (SSSR count). The van der Waals surface area contributed by atoms with Crippen molar-refractivity contribution in [3.05, 3.63) is 29.8 Å². The van der Waals surface area contributed by atoms with Crippen LogP contribution in [0.2, 0.25) is 0 Å². The lowest BCUT2D eigenvalue weighted by molar-refractivity contribution is 0.116. The van der Waals surface area contributed by atoms with Crippen LogP contribution in [0.15, 0.2) is 29.2 Å². The summed E-state index contributed by atoms with van der Waals surface area (Å²) in [6.45, 7) is 0. The topological polar surface area (TPSA) is 60.2 Å². The molecule has 7 heteroatoms. The maximum absolute atomic E-state index is 12.2. The van der Waals surface area contributed by atoms with Crippen LogP contribution in [0, 0.1) is 0 Å². The highest BCUT2D eigenvalue weighted by Gasteiger charge is 2.17. The standard InChI is InChI=1S/C9H11F2NO2S.ClH/c1-15(13,14)7-4-2-6(3-5-7)8(12)9(10)11;/h2-5,8-9H,12H2,1H3;1H/t8-;/m0./s1. The van der Waals surface area contributed by atoms with Gasteiger partial charge in [0.25, 0.3) is 6.43 Å². The number of hydrogen-bond donors (Lipinski definition) is 1. The van der Waals surface area contributed by atoms with Crippen molar-refractivity contribution in [2.75, 3.05) is 6.26 Å². The first kappa shape index (κ1) is 15.3. The molecule has 0 aliphatic heterocycles. The number of rotatable bonds is 3. The molecule has 0 saturated heterocycles. The molecule has 0 bridgehead atoms. The summed E-state index contributed by atoms with van der Waals surface area (Å²) < 4.78 is 46.5. The Morgan fingerprint density at radius 2 is 1.62 bits per heavy atom. The molecule has 2 N–H and O–H groups in total. The zero-order chi connectivity index (χ0) is 11.6. The average molecular weight is 272 g/mol. The molecule has 0 aromatic heterocycles. The molecule has 0 saturated carbocycles. The van der Waals surface area contributed by atoms with Gasteiger partial charge in [0.1, 0.15) is 0 Å². The molecule has 0 heterocycles. The van der Waals surface area contributed by atoms with Crippen molar-refractivity contribution in [1.29, 1.82) is 0 Å². The molecular weight excluding hydrogens is 260 g/mol. The second-order valence-corrected chi connectivity index (χ2v) is 5.22. The largest absolute Gasteiger partial charge is 0.319 e. The third-order valence-electron chi connectivity index (χ3n) is 1.96. The van der Waals surface area contributed by atoms with E-state index in [0.29, 0.717) is 0 Å². The Balaban J connectivity index is 0.00000225. The van der Waals surface area contributed by atoms with Gasteiger partial charge in [-0.15, -0.1) is 12.4 Å². The van der Waals surface area contributed by atoms with Gasteiger partial charge in [-0.3, -0.25) is 0 Å². The Morgan fingerprint density at radius 1 is 1.19 bits per heavy atom. The second-order valence-electron chi connectivity index (χ2n) is 3.20. The fraction of sp³-hybridized carbons (Fsp3) is 0.333. The minimum Gasteiger partial charge on any atom is -0.319 e. The number of alkyl halides is 2. The maximum atomic E-state index is 12.2. The van der Waals surface area contributed by atoms with E-state index in [1.165, 1.54) is 24.3 Å². The number of benzene rings is 1. The summed E-state index contributed by atoms with van der Waals surface area (Å²) in [5.41, 5.74) is 5.42. The Kier molecular flexibility index (Phi) is 5.31. The van der Waals surface area contributed by atoms with Gasteiger partial charge in [0, 0.05) is 6.26 Å². The lowest BCUT2D eigenvalue weighted by atomic mass is 10.1. The van der Waals surface area contributed by atoms with Crippen molar-refractivity contribution in [3.63, 3.8) is 0 Å². The van der Waals surface area contributed by atoms with Gasteiger partial charge < -0.3 is 5.73 Å². The van der Waals surface area contributed by atoms with Crippen LogP contribution in [-0.4, -0.2) is 21.1 Å². The highest BCUT2D eigenvalue weighted by Crippen LogP contribution is 2.19. The molecule has 0 fully saturated rings. The molecule has 0 unspecified atom stereocenters. The third kappa shape index (κ3) is 3.70. The zero-order valence-electron chi connectivity index (χ0n) is 8.43. The second kappa shape index (κ2) is 5.56. The Bertz CT molecular complexity index is 433. The molecule has 0 radical (unpaired) electrons. The molecule has 1 atom stereocenters. The van der Waals surface area contributed by atoms with Crippen molar-refractivity contribution in [2.24, 2.45) is 5.73 Å². The smallest absolute Gasteiger partial charge is 0.257 e.